The van der Waals surface area contributed by atoms with Crippen molar-refractivity contribution in [2.45, 2.75) is 45.6 Å². The third-order valence-corrected chi connectivity index (χ3v) is 2.64. The van der Waals surface area contributed by atoms with Crippen molar-refractivity contribution < 1.29 is 14.7 Å². The molecule has 1 rings (SSSR count). The van der Waals surface area contributed by atoms with Crippen LogP contribution in [0.4, 0.5) is 10.5 Å². The zero-order valence-electron chi connectivity index (χ0n) is 12.4. The van der Waals surface area contributed by atoms with Gasteiger partial charge >= 0.3 is 6.09 Å². The van der Waals surface area contributed by atoms with E-state index >= 15 is 0 Å². The first kappa shape index (κ1) is 16.0. The van der Waals surface area contributed by atoms with E-state index < -0.39 is 11.7 Å². The Kier molecular flexibility index (Phi) is 5.55. The lowest BCUT2D eigenvalue weighted by molar-refractivity contribution is 0.0636. The molecule has 0 unspecified atom stereocenters. The summed E-state index contributed by atoms with van der Waals surface area (Å²) in [6, 6.07) is 7.53. The summed E-state index contributed by atoms with van der Waals surface area (Å²) in [5, 5.41) is 14.1. The van der Waals surface area contributed by atoms with Crippen LogP contribution in [0.3, 0.4) is 0 Å². The summed E-state index contributed by atoms with van der Waals surface area (Å²) >= 11 is 0. The van der Waals surface area contributed by atoms with Gasteiger partial charge in [0, 0.05) is 11.9 Å². The Morgan fingerprint density at radius 1 is 1.50 bits per heavy atom. The fraction of sp³-hybridized carbons (Fsp3) is 0.467. The largest absolute Gasteiger partial charge is 0.444 e. The molecular weight excluding hydrogens is 256 g/mol. The van der Waals surface area contributed by atoms with Crippen molar-refractivity contribution in [1.29, 1.82) is 0 Å². The van der Waals surface area contributed by atoms with Gasteiger partial charge in [0.1, 0.15) is 5.60 Å². The second-order valence-corrected chi connectivity index (χ2v) is 5.69. The molecule has 0 aliphatic rings. The van der Waals surface area contributed by atoms with E-state index in [-0.39, 0.29) is 5.92 Å². The summed E-state index contributed by atoms with van der Waals surface area (Å²) in [7, 11) is 0. The number of benzene rings is 1. The molecule has 1 aromatic carbocycles. The summed E-state index contributed by atoms with van der Waals surface area (Å²) in [5.41, 5.74) is 1.22. The van der Waals surface area contributed by atoms with Crippen LogP contribution < -0.4 is 5.32 Å². The summed E-state index contributed by atoms with van der Waals surface area (Å²) in [5.74, 6) is 0.200. The summed E-state index contributed by atoms with van der Waals surface area (Å²) in [4.78, 5) is 11.7. The molecule has 0 radical (unpaired) electrons. The number of oxime groups is 1. The van der Waals surface area contributed by atoms with Crippen LogP contribution in [0.2, 0.25) is 0 Å². The number of rotatable bonds is 4. The lowest BCUT2D eigenvalue weighted by atomic mass is 9.98. The third kappa shape index (κ3) is 5.73. The predicted molar refractivity (Wildman–Crippen MR) is 79.6 cm³/mol. The molecular formula is C15H22N2O3. The van der Waals surface area contributed by atoms with E-state index in [0.717, 1.165) is 5.56 Å². The molecule has 0 fully saturated rings. The normalized spacial score (nSPS) is 13.2. The molecule has 0 bridgehead atoms. The number of carbonyl (C=O) groups is 1. The fourth-order valence-electron chi connectivity index (χ4n) is 1.69. The maximum atomic E-state index is 11.7. The monoisotopic (exact) mass is 278 g/mol. The van der Waals surface area contributed by atoms with E-state index in [4.69, 9.17) is 9.94 Å². The number of hydrogen-bond donors (Lipinski definition) is 2. The van der Waals surface area contributed by atoms with Crippen LogP contribution in [0.5, 0.6) is 0 Å². The molecule has 1 amide bonds. The molecule has 1 aromatic rings. The van der Waals surface area contributed by atoms with E-state index in [1.165, 1.54) is 6.21 Å². The summed E-state index contributed by atoms with van der Waals surface area (Å²) < 4.78 is 5.20. The first-order chi connectivity index (χ1) is 9.31. The zero-order valence-corrected chi connectivity index (χ0v) is 12.4. The first-order valence-electron chi connectivity index (χ1n) is 6.57. The highest BCUT2D eigenvalue weighted by Gasteiger charge is 2.16. The van der Waals surface area contributed by atoms with E-state index in [0.29, 0.717) is 12.1 Å². The number of ether oxygens (including phenoxy) is 1. The van der Waals surface area contributed by atoms with E-state index in [2.05, 4.69) is 10.5 Å². The van der Waals surface area contributed by atoms with Crippen LogP contribution in [-0.2, 0) is 4.74 Å². The molecule has 0 saturated heterocycles. The van der Waals surface area contributed by atoms with Gasteiger partial charge in [-0.3, -0.25) is 5.32 Å². The molecule has 0 spiro atoms. The summed E-state index contributed by atoms with van der Waals surface area (Å²) in [6.07, 6.45) is 1.62. The topological polar surface area (TPSA) is 70.9 Å². The van der Waals surface area contributed by atoms with Crippen LogP contribution in [0.1, 0.15) is 45.6 Å². The van der Waals surface area contributed by atoms with Gasteiger partial charge in [0.2, 0.25) is 0 Å². The standard InChI is InChI=1S/C15H22N2O3/c1-11(8-9-16-19)12-6-5-7-13(10-12)17-14(18)20-15(2,3)4/h5-7,9-11,19H,8H2,1-4H3,(H,17,18)/b16-9-/t11-/m1/s1. The molecule has 5 nitrogen and oxygen atoms in total. The highest BCUT2D eigenvalue weighted by atomic mass is 16.6. The minimum atomic E-state index is -0.521. The second-order valence-electron chi connectivity index (χ2n) is 5.69. The molecule has 0 heterocycles. The van der Waals surface area contributed by atoms with Crippen LogP contribution in [0.25, 0.3) is 0 Å². The van der Waals surface area contributed by atoms with Gasteiger partial charge in [0.05, 0.1) is 0 Å². The van der Waals surface area contributed by atoms with E-state index in [9.17, 15) is 4.79 Å². The van der Waals surface area contributed by atoms with Gasteiger partial charge in [-0.05, 0) is 50.8 Å². The van der Waals surface area contributed by atoms with E-state index in [1.54, 1.807) is 6.07 Å². The molecule has 0 saturated carbocycles. The zero-order chi connectivity index (χ0) is 15.2. The third-order valence-electron chi connectivity index (χ3n) is 2.64. The van der Waals surface area contributed by atoms with Crippen molar-refractivity contribution in [3.63, 3.8) is 0 Å². The molecule has 0 aromatic heterocycles. The van der Waals surface area contributed by atoms with Gasteiger partial charge in [-0.1, -0.05) is 19.1 Å². The molecule has 2 N–H and O–H groups in total. The molecule has 0 aliphatic heterocycles. The van der Waals surface area contributed by atoms with Crippen molar-refractivity contribution >= 4 is 18.0 Å². The van der Waals surface area contributed by atoms with Crippen molar-refractivity contribution in [3.05, 3.63) is 29.8 Å². The average Bonchev–Trinajstić information content (AvgIpc) is 2.33. The molecule has 20 heavy (non-hydrogen) atoms. The van der Waals surface area contributed by atoms with Crippen molar-refractivity contribution in [3.8, 4) is 0 Å². The summed E-state index contributed by atoms with van der Waals surface area (Å²) in [6.45, 7) is 7.48. The van der Waals surface area contributed by atoms with Gasteiger partial charge in [0.25, 0.3) is 0 Å². The number of anilines is 1. The van der Waals surface area contributed by atoms with Crippen LogP contribution in [0, 0.1) is 0 Å². The Hall–Kier alpha value is -2.04. The fourth-order valence-corrected chi connectivity index (χ4v) is 1.69. The van der Waals surface area contributed by atoms with Gasteiger partial charge < -0.3 is 9.94 Å². The molecule has 110 valence electrons. The number of nitrogens with zero attached hydrogens (tertiary/aromatic N) is 1. The van der Waals surface area contributed by atoms with Crippen LogP contribution in [-0.4, -0.2) is 23.1 Å². The minimum Gasteiger partial charge on any atom is -0.444 e. The Balaban J connectivity index is 2.71. The molecule has 5 heteroatoms. The maximum absolute atomic E-state index is 11.7. The van der Waals surface area contributed by atoms with Crippen LogP contribution in [0.15, 0.2) is 29.4 Å². The van der Waals surface area contributed by atoms with Crippen molar-refractivity contribution in [2.24, 2.45) is 5.16 Å². The van der Waals surface area contributed by atoms with Crippen molar-refractivity contribution in [1.82, 2.24) is 0 Å². The number of hydrogen-bond acceptors (Lipinski definition) is 4. The Morgan fingerprint density at radius 2 is 2.20 bits per heavy atom. The Morgan fingerprint density at radius 3 is 2.80 bits per heavy atom. The Labute approximate surface area is 119 Å². The van der Waals surface area contributed by atoms with Gasteiger partial charge in [0.15, 0.2) is 0 Å². The smallest absolute Gasteiger partial charge is 0.412 e. The second kappa shape index (κ2) is 6.93. The number of nitrogens with one attached hydrogen (secondary N) is 1. The first-order valence-corrected chi connectivity index (χ1v) is 6.57. The lowest BCUT2D eigenvalue weighted by Gasteiger charge is -2.20. The quantitative estimate of drug-likeness (QED) is 0.497. The van der Waals surface area contributed by atoms with Crippen molar-refractivity contribution in [2.75, 3.05) is 5.32 Å². The minimum absolute atomic E-state index is 0.200. The van der Waals surface area contributed by atoms with Crippen LogP contribution >= 0.6 is 0 Å². The SMILES string of the molecule is C[C@H](C/C=N\O)c1cccc(NC(=O)OC(C)(C)C)c1. The highest BCUT2D eigenvalue weighted by molar-refractivity contribution is 5.85. The lowest BCUT2D eigenvalue weighted by Crippen LogP contribution is -2.27. The molecule has 0 aliphatic carbocycles. The number of amides is 1. The predicted octanol–water partition coefficient (Wildman–Crippen LogP) is 3.99. The van der Waals surface area contributed by atoms with Gasteiger partial charge in [-0.15, -0.1) is 5.16 Å². The highest BCUT2D eigenvalue weighted by Crippen LogP contribution is 2.21. The molecule has 1 atom stereocenters. The average molecular weight is 278 g/mol. The maximum Gasteiger partial charge on any atom is 0.412 e. The van der Waals surface area contributed by atoms with E-state index in [1.807, 2.05) is 45.9 Å². The Bertz CT molecular complexity index is 478. The van der Waals surface area contributed by atoms with Gasteiger partial charge in [-0.2, -0.15) is 0 Å². The van der Waals surface area contributed by atoms with Gasteiger partial charge in [-0.25, -0.2) is 4.79 Å². The number of carbonyl (C=O) groups excluding carboxylic acids is 1.